The first-order chi connectivity index (χ1) is 9.05. The molecule has 1 aromatic heterocycles. The molecule has 1 aliphatic rings. The summed E-state index contributed by atoms with van der Waals surface area (Å²) in [6, 6.07) is 9.85. The number of benzene rings is 1. The van der Waals surface area contributed by atoms with E-state index in [4.69, 9.17) is 16.0 Å². The fourth-order valence-corrected chi connectivity index (χ4v) is 2.79. The molecule has 2 heterocycles. The van der Waals surface area contributed by atoms with E-state index in [1.165, 1.54) is 11.2 Å². The van der Waals surface area contributed by atoms with E-state index in [-0.39, 0.29) is 11.7 Å². The summed E-state index contributed by atoms with van der Waals surface area (Å²) >= 11 is 5.96. The molecule has 1 amide bonds. The first kappa shape index (κ1) is 12.3. The molecule has 5 heteroatoms. The van der Waals surface area contributed by atoms with Gasteiger partial charge in [-0.2, -0.15) is 0 Å². The number of rotatable bonds is 2. The standard InChI is InChI=1S/C14H12ClNO3/c1-16-12(9-4-2-5-10(15)8-9)14(18,13(16)17)11-6-3-7-19-11/h2-8,12,18H,1H3. The van der Waals surface area contributed by atoms with Crippen LogP contribution >= 0.6 is 11.6 Å². The van der Waals surface area contributed by atoms with Crippen LogP contribution in [0.25, 0.3) is 0 Å². The summed E-state index contributed by atoms with van der Waals surface area (Å²) in [6.45, 7) is 0. The second-order valence-corrected chi connectivity index (χ2v) is 5.05. The second-order valence-electron chi connectivity index (χ2n) is 4.62. The first-order valence-electron chi connectivity index (χ1n) is 5.84. The van der Waals surface area contributed by atoms with E-state index in [2.05, 4.69) is 0 Å². The van der Waals surface area contributed by atoms with Crippen LogP contribution in [0.3, 0.4) is 0 Å². The maximum absolute atomic E-state index is 12.0. The van der Waals surface area contributed by atoms with Crippen molar-refractivity contribution in [3.05, 3.63) is 59.0 Å². The fraction of sp³-hybridized carbons (Fsp3) is 0.214. The van der Waals surface area contributed by atoms with E-state index >= 15 is 0 Å². The summed E-state index contributed by atoms with van der Waals surface area (Å²) < 4.78 is 5.21. The van der Waals surface area contributed by atoms with Crippen molar-refractivity contribution in [2.45, 2.75) is 11.6 Å². The lowest BCUT2D eigenvalue weighted by Gasteiger charge is -2.50. The molecule has 0 saturated carbocycles. The quantitative estimate of drug-likeness (QED) is 0.857. The summed E-state index contributed by atoms with van der Waals surface area (Å²) in [6.07, 6.45) is 1.44. The molecule has 0 aliphatic carbocycles. The van der Waals surface area contributed by atoms with Crippen LogP contribution in [0.5, 0.6) is 0 Å². The minimum Gasteiger partial charge on any atom is -0.466 e. The van der Waals surface area contributed by atoms with Crippen LogP contribution in [0.2, 0.25) is 5.02 Å². The van der Waals surface area contributed by atoms with Gasteiger partial charge in [0.2, 0.25) is 5.60 Å². The fourth-order valence-electron chi connectivity index (χ4n) is 2.59. The zero-order chi connectivity index (χ0) is 13.6. The molecule has 1 saturated heterocycles. The SMILES string of the molecule is CN1C(=O)C(O)(c2ccco2)C1c1cccc(Cl)c1. The van der Waals surface area contributed by atoms with E-state index < -0.39 is 11.6 Å². The lowest BCUT2D eigenvalue weighted by atomic mass is 9.77. The number of carbonyl (C=O) groups excluding carboxylic acids is 1. The molecular formula is C14H12ClNO3. The molecule has 2 atom stereocenters. The lowest BCUT2D eigenvalue weighted by Crippen LogP contribution is -2.64. The second kappa shape index (κ2) is 4.11. The summed E-state index contributed by atoms with van der Waals surface area (Å²) in [5, 5.41) is 11.2. The van der Waals surface area contributed by atoms with Gasteiger partial charge >= 0.3 is 0 Å². The molecule has 3 rings (SSSR count). The number of amides is 1. The zero-order valence-corrected chi connectivity index (χ0v) is 11.0. The predicted octanol–water partition coefficient (Wildman–Crippen LogP) is 2.33. The van der Waals surface area contributed by atoms with Gasteiger partial charge in [-0.05, 0) is 29.8 Å². The van der Waals surface area contributed by atoms with Gasteiger partial charge < -0.3 is 14.4 Å². The molecule has 2 unspecified atom stereocenters. The Morgan fingerprint density at radius 3 is 2.79 bits per heavy atom. The van der Waals surface area contributed by atoms with E-state index in [0.717, 1.165) is 5.56 Å². The Balaban J connectivity index is 2.07. The minimum absolute atomic E-state index is 0.251. The largest absolute Gasteiger partial charge is 0.466 e. The molecule has 1 fully saturated rings. The van der Waals surface area contributed by atoms with Crippen molar-refractivity contribution < 1.29 is 14.3 Å². The summed E-state index contributed by atoms with van der Waals surface area (Å²) in [5.74, 6) is -0.131. The van der Waals surface area contributed by atoms with Crippen LogP contribution in [-0.4, -0.2) is 23.0 Å². The van der Waals surface area contributed by atoms with Crippen molar-refractivity contribution in [3.63, 3.8) is 0 Å². The number of hydrogen-bond acceptors (Lipinski definition) is 3. The Labute approximate surface area is 115 Å². The summed E-state index contributed by atoms with van der Waals surface area (Å²) in [5.41, 5.74) is -0.878. The molecule has 1 N–H and O–H groups in total. The molecule has 2 aromatic rings. The summed E-state index contributed by atoms with van der Waals surface area (Å²) in [4.78, 5) is 13.5. The average molecular weight is 278 g/mol. The molecule has 0 spiro atoms. The topological polar surface area (TPSA) is 53.7 Å². The number of aliphatic hydroxyl groups is 1. The molecule has 19 heavy (non-hydrogen) atoms. The van der Waals surface area contributed by atoms with Crippen molar-refractivity contribution >= 4 is 17.5 Å². The van der Waals surface area contributed by atoms with E-state index in [9.17, 15) is 9.90 Å². The van der Waals surface area contributed by atoms with Crippen LogP contribution < -0.4 is 0 Å². The van der Waals surface area contributed by atoms with Crippen LogP contribution in [0.1, 0.15) is 17.4 Å². The van der Waals surface area contributed by atoms with Gasteiger partial charge in [0.05, 0.1) is 6.26 Å². The normalized spacial score (nSPS) is 26.4. The van der Waals surface area contributed by atoms with Crippen molar-refractivity contribution in [2.24, 2.45) is 0 Å². The van der Waals surface area contributed by atoms with Crippen molar-refractivity contribution in [1.29, 1.82) is 0 Å². The number of furan rings is 1. The Kier molecular flexibility index (Phi) is 2.66. The van der Waals surface area contributed by atoms with Crippen LogP contribution in [0.15, 0.2) is 47.1 Å². The molecule has 98 valence electrons. The third-order valence-electron chi connectivity index (χ3n) is 3.49. The van der Waals surface area contributed by atoms with Gasteiger partial charge in [-0.1, -0.05) is 23.7 Å². The highest BCUT2D eigenvalue weighted by Gasteiger charge is 2.62. The van der Waals surface area contributed by atoms with Gasteiger partial charge in [0.25, 0.3) is 5.91 Å². The zero-order valence-electron chi connectivity index (χ0n) is 10.2. The Morgan fingerprint density at radius 1 is 1.37 bits per heavy atom. The first-order valence-corrected chi connectivity index (χ1v) is 6.22. The number of likely N-dealkylation sites (N-methyl/N-ethyl adjacent to an activating group) is 1. The molecule has 0 bridgehead atoms. The van der Waals surface area contributed by atoms with Gasteiger partial charge in [0.1, 0.15) is 11.8 Å². The van der Waals surface area contributed by atoms with Gasteiger partial charge in [0.15, 0.2) is 0 Å². The van der Waals surface area contributed by atoms with E-state index in [1.807, 2.05) is 6.07 Å². The van der Waals surface area contributed by atoms with E-state index in [1.54, 1.807) is 37.4 Å². The Hall–Kier alpha value is -1.78. The molecule has 1 aliphatic heterocycles. The van der Waals surface area contributed by atoms with Gasteiger partial charge in [-0.25, -0.2) is 0 Å². The molecule has 1 aromatic carbocycles. The highest BCUT2D eigenvalue weighted by Crippen LogP contribution is 2.49. The van der Waals surface area contributed by atoms with Crippen LogP contribution in [0, 0.1) is 0 Å². The highest BCUT2D eigenvalue weighted by atomic mass is 35.5. The van der Waals surface area contributed by atoms with Crippen LogP contribution in [0.4, 0.5) is 0 Å². The maximum atomic E-state index is 12.0. The monoisotopic (exact) mass is 277 g/mol. The van der Waals surface area contributed by atoms with Gasteiger partial charge in [-0.3, -0.25) is 4.79 Å². The highest BCUT2D eigenvalue weighted by molar-refractivity contribution is 6.30. The lowest BCUT2D eigenvalue weighted by molar-refractivity contribution is -0.196. The van der Waals surface area contributed by atoms with Crippen molar-refractivity contribution in [1.82, 2.24) is 4.90 Å². The number of nitrogens with zero attached hydrogens (tertiary/aromatic N) is 1. The van der Waals surface area contributed by atoms with Gasteiger partial charge in [-0.15, -0.1) is 0 Å². The number of carbonyl (C=O) groups is 1. The van der Waals surface area contributed by atoms with Crippen molar-refractivity contribution in [3.8, 4) is 0 Å². The predicted molar refractivity (Wildman–Crippen MR) is 69.6 cm³/mol. The molecule has 0 radical (unpaired) electrons. The smallest absolute Gasteiger partial charge is 0.265 e. The third kappa shape index (κ3) is 1.60. The number of β-lactam (4-membered cyclic amide) rings is 1. The molecule has 4 nitrogen and oxygen atoms in total. The Morgan fingerprint density at radius 2 is 2.16 bits per heavy atom. The molecular weight excluding hydrogens is 266 g/mol. The summed E-state index contributed by atoms with van der Waals surface area (Å²) in [7, 11) is 1.64. The Bertz CT molecular complexity index is 625. The average Bonchev–Trinajstić information content (AvgIpc) is 2.92. The maximum Gasteiger partial charge on any atom is 0.265 e. The van der Waals surface area contributed by atoms with Crippen LogP contribution in [-0.2, 0) is 10.4 Å². The number of hydrogen-bond donors (Lipinski definition) is 1. The van der Waals surface area contributed by atoms with Gasteiger partial charge in [0, 0.05) is 12.1 Å². The number of likely N-dealkylation sites (tertiary alicyclic amines) is 1. The van der Waals surface area contributed by atoms with E-state index in [0.29, 0.717) is 5.02 Å². The number of halogens is 1. The minimum atomic E-state index is -1.65. The third-order valence-corrected chi connectivity index (χ3v) is 3.73. The van der Waals surface area contributed by atoms with Crippen molar-refractivity contribution in [2.75, 3.05) is 7.05 Å².